The molecule has 0 atom stereocenters. The van der Waals surface area contributed by atoms with Gasteiger partial charge in [-0.15, -0.1) is 0 Å². The van der Waals surface area contributed by atoms with Crippen LogP contribution in [0.4, 0.5) is 0 Å². The summed E-state index contributed by atoms with van der Waals surface area (Å²) in [7, 11) is 0. The molecular formula is C13H27N3O. The first-order valence-corrected chi connectivity index (χ1v) is 6.92. The van der Waals surface area contributed by atoms with Crippen LogP contribution in [-0.2, 0) is 4.79 Å². The van der Waals surface area contributed by atoms with Crippen molar-refractivity contribution in [1.29, 1.82) is 0 Å². The van der Waals surface area contributed by atoms with E-state index in [0.29, 0.717) is 0 Å². The minimum absolute atomic E-state index is 0.214. The maximum absolute atomic E-state index is 11.2. The van der Waals surface area contributed by atoms with E-state index in [4.69, 9.17) is 5.73 Å². The average Bonchev–Trinajstić information content (AvgIpc) is 2.34. The third-order valence-electron chi connectivity index (χ3n) is 3.50. The number of nitrogens with zero attached hydrogens (tertiary/aromatic N) is 2. The fraction of sp³-hybridized carbons (Fsp3) is 0.923. The van der Waals surface area contributed by atoms with Crippen LogP contribution in [0.1, 0.15) is 39.0 Å². The van der Waals surface area contributed by atoms with Gasteiger partial charge in [0.2, 0.25) is 5.91 Å². The van der Waals surface area contributed by atoms with Crippen LogP contribution in [0.3, 0.4) is 0 Å². The molecule has 0 saturated carbocycles. The zero-order valence-corrected chi connectivity index (χ0v) is 11.2. The van der Waals surface area contributed by atoms with Crippen LogP contribution in [0.15, 0.2) is 0 Å². The van der Waals surface area contributed by atoms with Crippen LogP contribution in [0.25, 0.3) is 0 Å². The topological polar surface area (TPSA) is 49.6 Å². The molecule has 0 aliphatic carbocycles. The maximum atomic E-state index is 11.2. The monoisotopic (exact) mass is 241 g/mol. The average molecular weight is 241 g/mol. The van der Waals surface area contributed by atoms with Gasteiger partial charge >= 0.3 is 0 Å². The molecule has 0 aromatic heterocycles. The van der Waals surface area contributed by atoms with Gasteiger partial charge in [0.05, 0.1) is 0 Å². The predicted molar refractivity (Wildman–Crippen MR) is 70.8 cm³/mol. The van der Waals surface area contributed by atoms with E-state index >= 15 is 0 Å². The van der Waals surface area contributed by atoms with Crippen molar-refractivity contribution in [3.63, 3.8) is 0 Å². The molecule has 0 unspecified atom stereocenters. The molecule has 0 spiro atoms. The van der Waals surface area contributed by atoms with Crippen molar-refractivity contribution in [3.05, 3.63) is 0 Å². The van der Waals surface area contributed by atoms with Crippen molar-refractivity contribution in [1.82, 2.24) is 9.80 Å². The number of hydrogen-bond donors (Lipinski definition) is 1. The van der Waals surface area contributed by atoms with E-state index < -0.39 is 0 Å². The molecule has 17 heavy (non-hydrogen) atoms. The Morgan fingerprint density at radius 3 is 2.18 bits per heavy atom. The largest absolute Gasteiger partial charge is 0.340 e. The second-order valence-corrected chi connectivity index (χ2v) is 4.90. The lowest BCUT2D eigenvalue weighted by atomic mass is 10.1. The van der Waals surface area contributed by atoms with Gasteiger partial charge in [0.1, 0.15) is 0 Å². The number of amides is 1. The van der Waals surface area contributed by atoms with Crippen LogP contribution >= 0.6 is 0 Å². The van der Waals surface area contributed by atoms with Crippen LogP contribution in [0.5, 0.6) is 0 Å². The first-order valence-electron chi connectivity index (χ1n) is 6.92. The van der Waals surface area contributed by atoms with Gasteiger partial charge in [-0.2, -0.15) is 0 Å². The summed E-state index contributed by atoms with van der Waals surface area (Å²) in [5.74, 6) is 0.214. The van der Waals surface area contributed by atoms with Crippen molar-refractivity contribution < 1.29 is 4.79 Å². The highest BCUT2D eigenvalue weighted by molar-refractivity contribution is 5.73. The fourth-order valence-electron chi connectivity index (χ4n) is 2.30. The zero-order chi connectivity index (χ0) is 12.5. The molecule has 1 saturated heterocycles. The minimum Gasteiger partial charge on any atom is -0.340 e. The van der Waals surface area contributed by atoms with Crippen LogP contribution in [0, 0.1) is 0 Å². The third-order valence-corrected chi connectivity index (χ3v) is 3.50. The number of nitrogens with two attached hydrogens (primary N) is 1. The minimum atomic E-state index is 0.214. The predicted octanol–water partition coefficient (Wildman–Crippen LogP) is 1.06. The molecule has 4 nitrogen and oxygen atoms in total. The molecule has 1 aliphatic heterocycles. The molecule has 1 aliphatic rings. The van der Waals surface area contributed by atoms with E-state index in [9.17, 15) is 4.79 Å². The Labute approximate surface area is 105 Å². The van der Waals surface area contributed by atoms with Crippen molar-refractivity contribution in [2.24, 2.45) is 5.73 Å². The third kappa shape index (κ3) is 6.03. The van der Waals surface area contributed by atoms with E-state index in [1.807, 2.05) is 4.90 Å². The highest BCUT2D eigenvalue weighted by Gasteiger charge is 2.17. The summed E-state index contributed by atoms with van der Waals surface area (Å²) in [5, 5.41) is 0. The second-order valence-electron chi connectivity index (χ2n) is 4.90. The Morgan fingerprint density at radius 2 is 1.59 bits per heavy atom. The molecule has 0 bridgehead atoms. The van der Waals surface area contributed by atoms with E-state index in [1.165, 1.54) is 32.2 Å². The second kappa shape index (κ2) is 8.48. The molecule has 0 radical (unpaired) electrons. The van der Waals surface area contributed by atoms with E-state index in [2.05, 4.69) is 4.90 Å². The summed E-state index contributed by atoms with van der Waals surface area (Å²) in [6.45, 7) is 7.57. The molecule has 1 rings (SSSR count). The van der Waals surface area contributed by atoms with E-state index in [-0.39, 0.29) is 5.91 Å². The van der Waals surface area contributed by atoms with Crippen LogP contribution < -0.4 is 5.73 Å². The van der Waals surface area contributed by atoms with Crippen molar-refractivity contribution in [2.45, 2.75) is 39.0 Å². The Kier molecular flexibility index (Phi) is 7.21. The Bertz CT molecular complexity index is 213. The fourth-order valence-corrected chi connectivity index (χ4v) is 2.30. The molecule has 1 amide bonds. The SMILES string of the molecule is CC(=O)N1CCN(CCCCCCCN)CC1. The van der Waals surface area contributed by atoms with Gasteiger partial charge < -0.3 is 10.6 Å². The van der Waals surface area contributed by atoms with Gasteiger partial charge in [-0.3, -0.25) is 9.69 Å². The van der Waals surface area contributed by atoms with Gasteiger partial charge in [-0.05, 0) is 25.9 Å². The van der Waals surface area contributed by atoms with Gasteiger partial charge in [-0.25, -0.2) is 0 Å². The number of unbranched alkanes of at least 4 members (excludes halogenated alkanes) is 4. The van der Waals surface area contributed by atoms with Gasteiger partial charge in [0, 0.05) is 33.1 Å². The summed E-state index contributed by atoms with van der Waals surface area (Å²) in [6, 6.07) is 0. The molecule has 100 valence electrons. The molecule has 1 heterocycles. The lowest BCUT2D eigenvalue weighted by Gasteiger charge is -2.34. The maximum Gasteiger partial charge on any atom is 0.219 e. The lowest BCUT2D eigenvalue weighted by Crippen LogP contribution is -2.48. The molecule has 2 N–H and O–H groups in total. The van der Waals surface area contributed by atoms with Crippen LogP contribution in [-0.4, -0.2) is 55.0 Å². The summed E-state index contributed by atoms with van der Waals surface area (Å²) >= 11 is 0. The Hall–Kier alpha value is -0.610. The summed E-state index contributed by atoms with van der Waals surface area (Å²) < 4.78 is 0. The first kappa shape index (κ1) is 14.5. The summed E-state index contributed by atoms with van der Waals surface area (Å²) in [5.41, 5.74) is 5.46. The highest BCUT2D eigenvalue weighted by atomic mass is 16.2. The van der Waals surface area contributed by atoms with Gasteiger partial charge in [0.15, 0.2) is 0 Å². The number of carbonyl (C=O) groups excluding carboxylic acids is 1. The normalized spacial score (nSPS) is 17.4. The lowest BCUT2D eigenvalue weighted by molar-refractivity contribution is -0.130. The Morgan fingerprint density at radius 1 is 1.00 bits per heavy atom. The van der Waals surface area contributed by atoms with Crippen molar-refractivity contribution in [3.8, 4) is 0 Å². The standard InChI is InChI=1S/C13H27N3O/c1-13(17)16-11-9-15(10-12-16)8-6-4-2-3-5-7-14/h2-12,14H2,1H3. The molecule has 4 heteroatoms. The highest BCUT2D eigenvalue weighted by Crippen LogP contribution is 2.06. The summed E-state index contributed by atoms with van der Waals surface area (Å²) in [6.07, 6.45) is 6.34. The van der Waals surface area contributed by atoms with E-state index in [1.54, 1.807) is 6.92 Å². The number of carbonyl (C=O) groups is 1. The quantitative estimate of drug-likeness (QED) is 0.678. The number of rotatable bonds is 7. The van der Waals surface area contributed by atoms with Crippen molar-refractivity contribution >= 4 is 5.91 Å². The van der Waals surface area contributed by atoms with Gasteiger partial charge in [-0.1, -0.05) is 19.3 Å². The Balaban J connectivity index is 1.97. The van der Waals surface area contributed by atoms with Crippen LogP contribution in [0.2, 0.25) is 0 Å². The molecule has 1 fully saturated rings. The zero-order valence-electron chi connectivity index (χ0n) is 11.2. The van der Waals surface area contributed by atoms with Crippen molar-refractivity contribution in [2.75, 3.05) is 39.3 Å². The molecule has 0 aromatic rings. The van der Waals surface area contributed by atoms with E-state index in [0.717, 1.165) is 39.1 Å². The smallest absolute Gasteiger partial charge is 0.219 e. The number of hydrogen-bond acceptors (Lipinski definition) is 3. The molecule has 0 aromatic carbocycles. The first-order chi connectivity index (χ1) is 8.24. The molecular weight excluding hydrogens is 214 g/mol. The van der Waals surface area contributed by atoms with Gasteiger partial charge in [0.25, 0.3) is 0 Å². The summed E-state index contributed by atoms with van der Waals surface area (Å²) in [4.78, 5) is 15.6. The number of piperazine rings is 1.